The van der Waals surface area contributed by atoms with E-state index in [1.165, 1.54) is 7.11 Å². The number of aryl methyl sites for hydroxylation is 1. The number of ether oxygens (including phenoxy) is 3. The highest BCUT2D eigenvalue weighted by Gasteiger charge is 2.17. The second-order valence-corrected chi connectivity index (χ2v) is 6.01. The van der Waals surface area contributed by atoms with E-state index in [1.54, 1.807) is 24.3 Å². The Hall–Kier alpha value is -1.72. The predicted molar refractivity (Wildman–Crippen MR) is 93.0 cm³/mol. The number of carbonyl (C=O) groups is 1. The average molecular weight is 400 g/mol. The van der Waals surface area contributed by atoms with Crippen LogP contribution in [0.4, 0.5) is 0 Å². The molecule has 0 radical (unpaired) electrons. The van der Waals surface area contributed by atoms with Crippen LogP contribution in [0.3, 0.4) is 0 Å². The number of halogens is 2. The van der Waals surface area contributed by atoms with Crippen LogP contribution in [0.5, 0.6) is 17.2 Å². The van der Waals surface area contributed by atoms with E-state index >= 15 is 0 Å². The normalized spacial score (nSPS) is 10.3. The lowest BCUT2D eigenvalue weighted by Crippen LogP contribution is -2.10. The summed E-state index contributed by atoms with van der Waals surface area (Å²) >= 11 is 9.43. The van der Waals surface area contributed by atoms with Crippen LogP contribution in [0.2, 0.25) is 5.02 Å². The van der Waals surface area contributed by atoms with Gasteiger partial charge < -0.3 is 14.2 Å². The summed E-state index contributed by atoms with van der Waals surface area (Å²) in [6.45, 7) is 4.25. The Kier molecular flexibility index (Phi) is 5.91. The topological polar surface area (TPSA) is 44.8 Å². The third-order valence-corrected chi connectivity index (χ3v) is 3.94. The van der Waals surface area contributed by atoms with Crippen LogP contribution < -0.4 is 14.2 Å². The Morgan fingerprint density at radius 3 is 2.61 bits per heavy atom. The van der Waals surface area contributed by atoms with Gasteiger partial charge in [0.25, 0.3) is 0 Å². The fourth-order valence-corrected chi connectivity index (χ4v) is 2.68. The van der Waals surface area contributed by atoms with Crippen LogP contribution in [0.25, 0.3) is 0 Å². The van der Waals surface area contributed by atoms with Crippen LogP contribution in [0.1, 0.15) is 22.8 Å². The minimum Gasteiger partial charge on any atom is -0.493 e. The summed E-state index contributed by atoms with van der Waals surface area (Å²) in [6.07, 6.45) is 0. The van der Waals surface area contributed by atoms with Crippen LogP contribution in [-0.2, 0) is 0 Å². The van der Waals surface area contributed by atoms with Gasteiger partial charge in [-0.2, -0.15) is 0 Å². The van der Waals surface area contributed by atoms with Crippen molar-refractivity contribution in [2.75, 3.05) is 13.7 Å². The summed E-state index contributed by atoms with van der Waals surface area (Å²) < 4.78 is 16.8. The molecular formula is C17H16BrClO4. The number of carbonyl (C=O) groups excluding carboxylic acids is 1. The molecule has 6 heteroatoms. The summed E-state index contributed by atoms with van der Waals surface area (Å²) in [6, 6.07) is 8.44. The van der Waals surface area contributed by atoms with Gasteiger partial charge in [-0.25, -0.2) is 4.79 Å². The summed E-state index contributed by atoms with van der Waals surface area (Å²) in [7, 11) is 1.51. The van der Waals surface area contributed by atoms with E-state index in [9.17, 15) is 4.79 Å². The van der Waals surface area contributed by atoms with E-state index < -0.39 is 5.97 Å². The first-order valence-electron chi connectivity index (χ1n) is 6.95. The molecule has 23 heavy (non-hydrogen) atoms. The monoisotopic (exact) mass is 398 g/mol. The molecule has 0 aliphatic rings. The minimum absolute atomic E-state index is 0.320. The van der Waals surface area contributed by atoms with E-state index in [-0.39, 0.29) is 0 Å². The van der Waals surface area contributed by atoms with Crippen molar-refractivity contribution >= 4 is 33.5 Å². The first kappa shape index (κ1) is 17.6. The molecule has 0 saturated heterocycles. The Balaban J connectivity index is 2.32. The van der Waals surface area contributed by atoms with Crippen molar-refractivity contribution in [2.24, 2.45) is 0 Å². The Bertz CT molecular complexity index is 731. The molecule has 2 rings (SSSR count). The quantitative estimate of drug-likeness (QED) is 0.522. The van der Waals surface area contributed by atoms with Crippen LogP contribution >= 0.6 is 27.5 Å². The van der Waals surface area contributed by atoms with E-state index in [1.807, 2.05) is 19.9 Å². The highest BCUT2D eigenvalue weighted by Crippen LogP contribution is 2.37. The summed E-state index contributed by atoms with van der Waals surface area (Å²) in [5, 5.41) is 0.376. The summed E-state index contributed by atoms with van der Waals surface area (Å²) in [5.74, 6) is 0.781. The zero-order chi connectivity index (χ0) is 17.0. The first-order valence-corrected chi connectivity index (χ1v) is 8.12. The molecule has 2 aromatic carbocycles. The van der Waals surface area contributed by atoms with Gasteiger partial charge in [-0.15, -0.1) is 0 Å². The molecule has 0 aliphatic carbocycles. The van der Waals surface area contributed by atoms with Gasteiger partial charge in [0.2, 0.25) is 0 Å². The zero-order valence-corrected chi connectivity index (χ0v) is 15.3. The van der Waals surface area contributed by atoms with Crippen LogP contribution in [0.15, 0.2) is 34.8 Å². The summed E-state index contributed by atoms with van der Waals surface area (Å²) in [4.78, 5) is 12.4. The van der Waals surface area contributed by atoms with Crippen molar-refractivity contribution in [3.8, 4) is 17.2 Å². The number of hydrogen-bond acceptors (Lipinski definition) is 4. The van der Waals surface area contributed by atoms with E-state index in [4.69, 9.17) is 25.8 Å². The third kappa shape index (κ3) is 4.18. The SMILES string of the molecule is CCOc1c(Br)cc(C(=O)Oc2cc(C)ccc2Cl)cc1OC. The molecule has 0 amide bonds. The standard InChI is InChI=1S/C17H16BrClO4/c1-4-22-16-12(18)8-11(9-15(16)21-3)17(20)23-14-7-10(2)5-6-13(14)19/h5-9H,4H2,1-3H3. The Morgan fingerprint density at radius 2 is 1.96 bits per heavy atom. The highest BCUT2D eigenvalue weighted by atomic mass is 79.9. The Morgan fingerprint density at radius 1 is 1.22 bits per heavy atom. The molecule has 0 aliphatic heterocycles. The molecule has 0 aromatic heterocycles. The molecule has 4 nitrogen and oxygen atoms in total. The smallest absolute Gasteiger partial charge is 0.343 e. The van der Waals surface area contributed by atoms with Crippen molar-refractivity contribution < 1.29 is 19.0 Å². The zero-order valence-electron chi connectivity index (χ0n) is 13.0. The number of methoxy groups -OCH3 is 1. The number of benzene rings is 2. The van der Waals surface area contributed by atoms with Gasteiger partial charge in [-0.3, -0.25) is 0 Å². The molecular weight excluding hydrogens is 384 g/mol. The minimum atomic E-state index is -0.528. The van der Waals surface area contributed by atoms with Crippen LogP contribution in [0, 0.1) is 6.92 Å². The maximum absolute atomic E-state index is 12.4. The molecule has 0 N–H and O–H groups in total. The van der Waals surface area contributed by atoms with Gasteiger partial charge in [0.05, 0.1) is 28.8 Å². The molecule has 0 atom stereocenters. The number of esters is 1. The lowest BCUT2D eigenvalue weighted by atomic mass is 10.2. The first-order chi connectivity index (χ1) is 11.0. The molecule has 0 unspecified atom stereocenters. The van der Waals surface area contributed by atoms with Gasteiger partial charge >= 0.3 is 5.97 Å². The van der Waals surface area contributed by atoms with Gasteiger partial charge in [-0.1, -0.05) is 17.7 Å². The molecule has 0 heterocycles. The third-order valence-electron chi connectivity index (χ3n) is 3.04. The number of rotatable bonds is 5. The lowest BCUT2D eigenvalue weighted by molar-refractivity contribution is 0.0734. The molecule has 0 bridgehead atoms. The van der Waals surface area contributed by atoms with Gasteiger partial charge in [0, 0.05) is 0 Å². The maximum atomic E-state index is 12.4. The Labute approximate surface area is 148 Å². The van der Waals surface area contributed by atoms with Crippen molar-refractivity contribution in [3.63, 3.8) is 0 Å². The van der Waals surface area contributed by atoms with Crippen molar-refractivity contribution in [2.45, 2.75) is 13.8 Å². The molecule has 2 aromatic rings. The maximum Gasteiger partial charge on any atom is 0.343 e. The van der Waals surface area contributed by atoms with Crippen LogP contribution in [-0.4, -0.2) is 19.7 Å². The van der Waals surface area contributed by atoms with Crippen molar-refractivity contribution in [1.82, 2.24) is 0 Å². The van der Waals surface area contributed by atoms with E-state index in [0.717, 1.165) is 5.56 Å². The molecule has 0 saturated carbocycles. The molecule has 0 fully saturated rings. The summed E-state index contributed by atoms with van der Waals surface area (Å²) in [5.41, 5.74) is 1.28. The largest absolute Gasteiger partial charge is 0.493 e. The molecule has 122 valence electrons. The fraction of sp³-hybridized carbons (Fsp3) is 0.235. The van der Waals surface area contributed by atoms with Crippen molar-refractivity contribution in [3.05, 3.63) is 51.0 Å². The lowest BCUT2D eigenvalue weighted by Gasteiger charge is -2.13. The second kappa shape index (κ2) is 7.70. The molecule has 0 spiro atoms. The van der Waals surface area contributed by atoms with Gasteiger partial charge in [0.15, 0.2) is 11.5 Å². The predicted octanol–water partition coefficient (Wildman–Crippen LogP) is 5.04. The second-order valence-electron chi connectivity index (χ2n) is 4.75. The van der Waals surface area contributed by atoms with E-state index in [2.05, 4.69) is 15.9 Å². The van der Waals surface area contributed by atoms with Crippen molar-refractivity contribution in [1.29, 1.82) is 0 Å². The highest BCUT2D eigenvalue weighted by molar-refractivity contribution is 9.10. The van der Waals surface area contributed by atoms with Gasteiger partial charge in [-0.05, 0) is 59.6 Å². The number of hydrogen-bond donors (Lipinski definition) is 0. The fourth-order valence-electron chi connectivity index (χ4n) is 1.97. The average Bonchev–Trinajstić information content (AvgIpc) is 2.52. The van der Waals surface area contributed by atoms with E-state index in [0.29, 0.717) is 38.9 Å². The van der Waals surface area contributed by atoms with Gasteiger partial charge in [0.1, 0.15) is 5.75 Å².